The molecule has 12 rings (SSSR count). The first-order valence-electron chi connectivity index (χ1n) is 24.5. The number of rotatable bonds is 10. The van der Waals surface area contributed by atoms with E-state index in [1.165, 1.54) is 25.7 Å². The Hall–Kier alpha value is -6.59. The number of hydrogen-bond donors (Lipinski definition) is 3. The Kier molecular flexibility index (Phi) is 12.4. The third kappa shape index (κ3) is 9.58. The molecule has 5 N–H and O–H groups in total. The van der Waals surface area contributed by atoms with Crippen LogP contribution in [0, 0.1) is 11.8 Å². The van der Waals surface area contributed by atoms with Crippen LogP contribution in [0.1, 0.15) is 46.5 Å². The fourth-order valence-electron chi connectivity index (χ4n) is 9.76. The van der Waals surface area contributed by atoms with E-state index in [9.17, 15) is 4.79 Å². The largest absolute Gasteiger partial charge is 0.378 e. The summed E-state index contributed by atoms with van der Waals surface area (Å²) < 4.78 is 15.8. The molecule has 364 valence electrons. The molecule has 2 saturated carbocycles. The molecular formula is C46H62N20O3. The highest BCUT2D eigenvalue weighted by atomic mass is 16.5. The molecule has 10 heterocycles. The van der Waals surface area contributed by atoms with Crippen LogP contribution < -0.4 is 36.4 Å². The first kappa shape index (κ1) is 44.9. The van der Waals surface area contributed by atoms with Crippen molar-refractivity contribution in [3.05, 3.63) is 24.8 Å². The van der Waals surface area contributed by atoms with Crippen molar-refractivity contribution in [2.45, 2.75) is 71.6 Å². The van der Waals surface area contributed by atoms with Gasteiger partial charge in [0.15, 0.2) is 45.6 Å². The summed E-state index contributed by atoms with van der Waals surface area (Å²) in [4.78, 5) is 70.1. The number of amides is 1. The van der Waals surface area contributed by atoms with Crippen molar-refractivity contribution in [2.75, 3.05) is 123 Å². The number of nitrogens with one attached hydrogen (secondary N) is 1. The van der Waals surface area contributed by atoms with E-state index in [0.717, 1.165) is 123 Å². The molecule has 6 aliphatic rings. The average Bonchev–Trinajstić information content (AvgIpc) is 4.31. The number of nitrogen functional groups attached to an aromatic ring is 2. The SMILES string of the molecule is CC(=O)N1CCN(c2nc3c(N4CCOCC4)nc(-c4cnc(N)nc4)nc3n2CC2CC2)C[C@H]1C.C[C@@H]1CN(c2nc3c(N4CCOCC4)nc(-c4cnc(N)nc4)nc3n2CC2CC2)CCN1. The molecule has 23 nitrogen and oxygen atoms in total. The Morgan fingerprint density at radius 3 is 1.49 bits per heavy atom. The summed E-state index contributed by atoms with van der Waals surface area (Å²) in [6, 6.07) is 0.526. The number of anilines is 6. The summed E-state index contributed by atoms with van der Waals surface area (Å²) in [7, 11) is 0. The summed E-state index contributed by atoms with van der Waals surface area (Å²) in [6.07, 6.45) is 11.7. The number of aromatic nitrogens is 12. The molecule has 0 bridgehead atoms. The zero-order valence-electron chi connectivity index (χ0n) is 39.7. The molecule has 23 heteroatoms. The van der Waals surface area contributed by atoms with Gasteiger partial charge in [0.05, 0.1) is 37.6 Å². The lowest BCUT2D eigenvalue weighted by atomic mass is 10.2. The van der Waals surface area contributed by atoms with Gasteiger partial charge in [-0.2, -0.15) is 0 Å². The van der Waals surface area contributed by atoms with Crippen molar-refractivity contribution in [3.63, 3.8) is 0 Å². The highest BCUT2D eigenvalue weighted by Crippen LogP contribution is 2.39. The molecule has 1 amide bonds. The minimum Gasteiger partial charge on any atom is -0.378 e. The molecule has 6 aromatic rings. The summed E-state index contributed by atoms with van der Waals surface area (Å²) in [5, 5.41) is 3.53. The van der Waals surface area contributed by atoms with Crippen LogP contribution in [-0.4, -0.2) is 174 Å². The third-order valence-electron chi connectivity index (χ3n) is 13.8. The van der Waals surface area contributed by atoms with E-state index >= 15 is 0 Å². The van der Waals surface area contributed by atoms with Crippen molar-refractivity contribution < 1.29 is 14.3 Å². The second-order valence-electron chi connectivity index (χ2n) is 19.2. The second-order valence-corrected chi connectivity index (χ2v) is 19.2. The third-order valence-corrected chi connectivity index (χ3v) is 13.8. The fourth-order valence-corrected chi connectivity index (χ4v) is 9.76. The minimum atomic E-state index is 0.109. The van der Waals surface area contributed by atoms with E-state index in [0.29, 0.717) is 68.1 Å². The number of nitrogens with two attached hydrogens (primary N) is 2. The van der Waals surface area contributed by atoms with Gasteiger partial charge in [0, 0.05) is 122 Å². The van der Waals surface area contributed by atoms with Crippen molar-refractivity contribution in [1.29, 1.82) is 0 Å². The average molecular weight is 943 g/mol. The summed E-state index contributed by atoms with van der Waals surface area (Å²) >= 11 is 0. The highest BCUT2D eigenvalue weighted by molar-refractivity contribution is 5.89. The van der Waals surface area contributed by atoms with Gasteiger partial charge in [0.25, 0.3) is 0 Å². The van der Waals surface area contributed by atoms with Crippen LogP contribution in [0.5, 0.6) is 0 Å². The van der Waals surface area contributed by atoms with Gasteiger partial charge in [-0.15, -0.1) is 0 Å². The molecule has 6 aromatic heterocycles. The van der Waals surface area contributed by atoms with Crippen molar-refractivity contribution in [1.82, 2.24) is 69.2 Å². The van der Waals surface area contributed by atoms with Gasteiger partial charge in [0.2, 0.25) is 29.7 Å². The number of nitrogens with zero attached hydrogens (tertiary/aromatic N) is 17. The van der Waals surface area contributed by atoms with Crippen LogP contribution in [0.4, 0.5) is 35.4 Å². The molecule has 4 saturated heterocycles. The Morgan fingerprint density at radius 1 is 0.609 bits per heavy atom. The van der Waals surface area contributed by atoms with Crippen LogP contribution in [0.25, 0.3) is 45.1 Å². The van der Waals surface area contributed by atoms with Gasteiger partial charge >= 0.3 is 0 Å². The molecule has 0 radical (unpaired) electrons. The Bertz CT molecular complexity index is 2780. The van der Waals surface area contributed by atoms with Crippen LogP contribution in [-0.2, 0) is 27.4 Å². The van der Waals surface area contributed by atoms with Gasteiger partial charge in [-0.25, -0.2) is 49.8 Å². The molecule has 0 aromatic carbocycles. The van der Waals surface area contributed by atoms with E-state index in [1.807, 2.05) is 4.90 Å². The number of fused-ring (bicyclic) bond motifs is 2. The predicted octanol–water partition coefficient (Wildman–Crippen LogP) is 2.08. The molecular weight excluding hydrogens is 881 g/mol. The van der Waals surface area contributed by atoms with Gasteiger partial charge in [0.1, 0.15) is 0 Å². The Labute approximate surface area is 400 Å². The van der Waals surface area contributed by atoms with Gasteiger partial charge in [-0.3, -0.25) is 13.9 Å². The lowest BCUT2D eigenvalue weighted by Gasteiger charge is -2.40. The molecule has 69 heavy (non-hydrogen) atoms. The van der Waals surface area contributed by atoms with E-state index in [2.05, 4.69) is 67.8 Å². The Morgan fingerprint density at radius 2 is 1.07 bits per heavy atom. The normalized spacial score (nSPS) is 21.2. The molecule has 6 fully saturated rings. The van der Waals surface area contributed by atoms with Crippen LogP contribution in [0.15, 0.2) is 24.8 Å². The number of imidazole rings is 2. The second kappa shape index (κ2) is 19.1. The predicted molar refractivity (Wildman–Crippen MR) is 262 cm³/mol. The molecule has 0 spiro atoms. The smallest absolute Gasteiger partial charge is 0.219 e. The zero-order chi connectivity index (χ0) is 47.2. The van der Waals surface area contributed by atoms with E-state index < -0.39 is 0 Å². The lowest BCUT2D eigenvalue weighted by molar-refractivity contribution is -0.131. The fraction of sp³-hybridized carbons (Fsp3) is 0.587. The monoisotopic (exact) mass is 943 g/mol. The van der Waals surface area contributed by atoms with Gasteiger partial charge < -0.3 is 50.8 Å². The zero-order valence-corrected chi connectivity index (χ0v) is 39.7. The van der Waals surface area contributed by atoms with Crippen molar-refractivity contribution in [2.24, 2.45) is 11.8 Å². The minimum absolute atomic E-state index is 0.109. The highest BCUT2D eigenvalue weighted by Gasteiger charge is 2.34. The van der Waals surface area contributed by atoms with E-state index in [-0.39, 0.29) is 23.8 Å². The first-order chi connectivity index (χ1) is 33.6. The summed E-state index contributed by atoms with van der Waals surface area (Å²) in [5.74, 6) is 6.61. The first-order valence-corrected chi connectivity index (χ1v) is 24.5. The van der Waals surface area contributed by atoms with Crippen LogP contribution in [0.3, 0.4) is 0 Å². The maximum absolute atomic E-state index is 12.1. The van der Waals surface area contributed by atoms with Gasteiger partial charge in [-0.1, -0.05) is 0 Å². The van der Waals surface area contributed by atoms with Gasteiger partial charge in [-0.05, 0) is 51.4 Å². The number of piperazine rings is 2. The topological polar surface area (TPSA) is 255 Å². The quantitative estimate of drug-likeness (QED) is 0.178. The maximum Gasteiger partial charge on any atom is 0.219 e. The molecule has 4 aliphatic heterocycles. The summed E-state index contributed by atoms with van der Waals surface area (Å²) in [5.41, 5.74) is 16.3. The van der Waals surface area contributed by atoms with Crippen LogP contribution in [0.2, 0.25) is 0 Å². The molecule has 2 aliphatic carbocycles. The number of carbonyl (C=O) groups excluding carboxylic acids is 1. The molecule has 2 atom stereocenters. The number of carbonyl (C=O) groups is 1. The van der Waals surface area contributed by atoms with E-state index in [1.54, 1.807) is 31.7 Å². The maximum atomic E-state index is 12.1. The standard InChI is InChI=1S/C24H32N10O2.C22H30N10O/c1-15-13-32(5-6-33(15)16(2)35)24-28-19-21(31-7-9-36-10-8-31)29-20(18-11-26-23(25)27-12-18)30-22(19)34(24)14-17-3-4-17;1-14-12-31(5-4-24-14)22-27-17-19(30-6-8-33-9-7-30)28-18(16-10-25-21(23)26-11-16)29-20(17)32(22)13-15-2-3-15/h11-12,15,17H,3-10,13-14H2,1-2H3,(H2,25,26,27);10-11,14-15,24H,2-9,12-13H2,1H3,(H2,23,25,26)/t15-;14-/m11/s1. The number of hydrogen-bond acceptors (Lipinski definition) is 20. The number of ether oxygens (including phenoxy) is 2. The molecule has 0 unspecified atom stereocenters. The Balaban J connectivity index is 0.000000151. The summed E-state index contributed by atoms with van der Waals surface area (Å²) in [6.45, 7) is 18.4. The number of morpholine rings is 2. The van der Waals surface area contributed by atoms with Crippen molar-refractivity contribution in [3.8, 4) is 22.8 Å². The van der Waals surface area contributed by atoms with E-state index in [4.69, 9.17) is 50.8 Å². The van der Waals surface area contributed by atoms with Crippen molar-refractivity contribution >= 4 is 63.7 Å². The van der Waals surface area contributed by atoms with Crippen LogP contribution >= 0.6 is 0 Å². The lowest BCUT2D eigenvalue weighted by Crippen LogP contribution is -2.54.